The fourth-order valence-corrected chi connectivity index (χ4v) is 5.30. The Morgan fingerprint density at radius 3 is 2.34 bits per heavy atom. The summed E-state index contributed by atoms with van der Waals surface area (Å²) < 4.78 is 26.4. The Labute approximate surface area is 191 Å². The quantitative estimate of drug-likeness (QED) is 0.617. The van der Waals surface area contributed by atoms with E-state index >= 15 is 0 Å². The number of anilines is 1. The van der Waals surface area contributed by atoms with Gasteiger partial charge in [0.15, 0.2) is 0 Å². The normalized spacial score (nSPS) is 13.4. The molecule has 0 aromatic heterocycles. The van der Waals surface area contributed by atoms with Crippen LogP contribution in [0.5, 0.6) is 0 Å². The molecule has 164 valence electrons. The molecule has 0 saturated carbocycles. The highest BCUT2D eigenvalue weighted by atomic mass is 35.5. The molecule has 0 unspecified atom stereocenters. The number of benzene rings is 3. The van der Waals surface area contributed by atoms with E-state index < -0.39 is 15.7 Å². The van der Waals surface area contributed by atoms with E-state index in [1.54, 1.807) is 4.90 Å². The van der Waals surface area contributed by atoms with Crippen LogP contribution in [-0.2, 0) is 27.6 Å². The molecule has 0 radical (unpaired) electrons. The van der Waals surface area contributed by atoms with Crippen molar-refractivity contribution in [2.45, 2.75) is 29.7 Å². The first kappa shape index (κ1) is 22.0. The van der Waals surface area contributed by atoms with Gasteiger partial charge in [-0.15, -0.1) is 0 Å². The molecule has 2 amide bonds. The predicted molar refractivity (Wildman–Crippen MR) is 123 cm³/mol. The van der Waals surface area contributed by atoms with Crippen LogP contribution in [0.15, 0.2) is 76.5 Å². The summed E-state index contributed by atoms with van der Waals surface area (Å²) in [6.07, 6.45) is 0.753. The number of nitrogens with zero attached hydrogens (tertiary/aromatic N) is 1. The number of amides is 2. The maximum atomic E-state index is 13.2. The Balaban J connectivity index is 1.69. The molecule has 0 fully saturated rings. The largest absolute Gasteiger partial charge is 0.334 e. The van der Waals surface area contributed by atoms with Gasteiger partial charge in [0.05, 0.1) is 15.5 Å². The minimum atomic E-state index is -3.94. The van der Waals surface area contributed by atoms with Crippen LogP contribution in [0.1, 0.15) is 28.4 Å². The standard InChI is InChI=1S/C24H21ClN2O4S/c1-16(28)26-22-14-18(24(29)27-13-12-17-4-2-3-5-19(17)15-27)6-11-23(22)32(30,31)21-9-7-20(25)8-10-21/h2-11,14H,12-13,15H2,1H3,(H,26,28). The second-order valence-electron chi connectivity index (χ2n) is 7.59. The number of hydrogen-bond acceptors (Lipinski definition) is 4. The third-order valence-electron chi connectivity index (χ3n) is 5.37. The number of fused-ring (bicyclic) bond motifs is 1. The monoisotopic (exact) mass is 468 g/mol. The molecule has 1 heterocycles. The number of hydrogen-bond donors (Lipinski definition) is 1. The van der Waals surface area contributed by atoms with Crippen molar-refractivity contribution in [2.75, 3.05) is 11.9 Å². The minimum Gasteiger partial charge on any atom is -0.334 e. The van der Waals surface area contributed by atoms with Crippen molar-refractivity contribution in [3.8, 4) is 0 Å². The van der Waals surface area contributed by atoms with E-state index in [4.69, 9.17) is 11.6 Å². The van der Waals surface area contributed by atoms with Gasteiger partial charge in [-0.1, -0.05) is 35.9 Å². The number of halogens is 1. The third-order valence-corrected chi connectivity index (χ3v) is 7.45. The highest BCUT2D eigenvalue weighted by Crippen LogP contribution is 2.30. The summed E-state index contributed by atoms with van der Waals surface area (Å²) in [6, 6.07) is 18.0. The summed E-state index contributed by atoms with van der Waals surface area (Å²) in [7, 11) is -3.94. The van der Waals surface area contributed by atoms with Gasteiger partial charge in [0.25, 0.3) is 5.91 Å². The zero-order chi connectivity index (χ0) is 22.9. The molecule has 0 bridgehead atoms. The molecule has 1 N–H and O–H groups in total. The van der Waals surface area contributed by atoms with Gasteiger partial charge in [0, 0.05) is 30.6 Å². The number of nitrogens with one attached hydrogen (secondary N) is 1. The fraction of sp³-hybridized carbons (Fsp3) is 0.167. The molecule has 32 heavy (non-hydrogen) atoms. The van der Waals surface area contributed by atoms with Crippen LogP contribution in [0.4, 0.5) is 5.69 Å². The van der Waals surface area contributed by atoms with Crippen molar-refractivity contribution in [3.05, 3.63) is 88.4 Å². The zero-order valence-corrected chi connectivity index (χ0v) is 18.9. The van der Waals surface area contributed by atoms with Crippen LogP contribution in [0, 0.1) is 0 Å². The number of sulfone groups is 1. The fourth-order valence-electron chi connectivity index (χ4n) is 3.78. The Bertz CT molecular complexity index is 1300. The summed E-state index contributed by atoms with van der Waals surface area (Å²) in [5.41, 5.74) is 2.69. The predicted octanol–water partition coefficient (Wildman–Crippen LogP) is 4.33. The van der Waals surface area contributed by atoms with Gasteiger partial charge in [-0.25, -0.2) is 8.42 Å². The number of rotatable bonds is 4. The first-order valence-corrected chi connectivity index (χ1v) is 11.9. The van der Waals surface area contributed by atoms with E-state index in [9.17, 15) is 18.0 Å². The average molecular weight is 469 g/mol. The van der Waals surface area contributed by atoms with Crippen LogP contribution in [-0.4, -0.2) is 31.7 Å². The molecule has 1 aliphatic rings. The summed E-state index contributed by atoms with van der Waals surface area (Å²) in [6.45, 7) is 2.33. The summed E-state index contributed by atoms with van der Waals surface area (Å²) in [4.78, 5) is 26.6. The van der Waals surface area contributed by atoms with Crippen LogP contribution in [0.3, 0.4) is 0 Å². The molecule has 4 rings (SSSR count). The van der Waals surface area contributed by atoms with E-state index in [0.717, 1.165) is 12.0 Å². The molecule has 8 heteroatoms. The first-order valence-electron chi connectivity index (χ1n) is 10.0. The van der Waals surface area contributed by atoms with E-state index in [2.05, 4.69) is 11.4 Å². The van der Waals surface area contributed by atoms with E-state index in [1.165, 1.54) is 55.0 Å². The Morgan fingerprint density at radius 2 is 1.66 bits per heavy atom. The van der Waals surface area contributed by atoms with Crippen LogP contribution in [0.2, 0.25) is 5.02 Å². The molecule has 0 saturated heterocycles. The summed E-state index contributed by atoms with van der Waals surface area (Å²) >= 11 is 5.87. The highest BCUT2D eigenvalue weighted by molar-refractivity contribution is 7.91. The maximum absolute atomic E-state index is 13.2. The van der Waals surface area contributed by atoms with Crippen molar-refractivity contribution in [1.29, 1.82) is 0 Å². The van der Waals surface area contributed by atoms with Crippen molar-refractivity contribution in [2.24, 2.45) is 0 Å². The smallest absolute Gasteiger partial charge is 0.254 e. The minimum absolute atomic E-state index is 0.0419. The van der Waals surface area contributed by atoms with Crippen molar-refractivity contribution >= 4 is 38.9 Å². The SMILES string of the molecule is CC(=O)Nc1cc(C(=O)N2CCc3ccccc3C2)ccc1S(=O)(=O)c1ccc(Cl)cc1. The number of carbonyl (C=O) groups is 2. The lowest BCUT2D eigenvalue weighted by molar-refractivity contribution is -0.114. The van der Waals surface area contributed by atoms with Crippen LogP contribution >= 0.6 is 11.6 Å². The summed E-state index contributed by atoms with van der Waals surface area (Å²) in [5.74, 6) is -0.657. The molecular weight excluding hydrogens is 448 g/mol. The van der Waals surface area contributed by atoms with Gasteiger partial charge in [0.1, 0.15) is 0 Å². The second kappa shape index (κ2) is 8.76. The first-order chi connectivity index (χ1) is 15.3. The van der Waals surface area contributed by atoms with Crippen molar-refractivity contribution < 1.29 is 18.0 Å². The molecular formula is C24H21ClN2O4S. The Kier molecular flexibility index (Phi) is 6.04. The van der Waals surface area contributed by atoms with Gasteiger partial charge in [-0.2, -0.15) is 0 Å². The zero-order valence-electron chi connectivity index (χ0n) is 17.3. The van der Waals surface area contributed by atoms with Gasteiger partial charge in [-0.3, -0.25) is 9.59 Å². The lowest BCUT2D eigenvalue weighted by Crippen LogP contribution is -2.36. The Morgan fingerprint density at radius 1 is 0.969 bits per heavy atom. The third kappa shape index (κ3) is 4.40. The van der Waals surface area contributed by atoms with Crippen molar-refractivity contribution in [3.63, 3.8) is 0 Å². The molecule has 0 aliphatic carbocycles. The van der Waals surface area contributed by atoms with Gasteiger partial charge in [-0.05, 0) is 60.0 Å². The van der Waals surface area contributed by atoms with Crippen LogP contribution < -0.4 is 5.32 Å². The average Bonchev–Trinajstić information content (AvgIpc) is 2.78. The molecule has 0 atom stereocenters. The lowest BCUT2D eigenvalue weighted by Gasteiger charge is -2.29. The number of carbonyl (C=O) groups excluding carboxylic acids is 2. The molecule has 0 spiro atoms. The van der Waals surface area contributed by atoms with Crippen molar-refractivity contribution in [1.82, 2.24) is 4.90 Å². The molecule has 6 nitrogen and oxygen atoms in total. The van der Waals surface area contributed by atoms with E-state index in [1.807, 2.05) is 18.2 Å². The summed E-state index contributed by atoms with van der Waals surface area (Å²) in [5, 5.41) is 2.97. The Hall–Kier alpha value is -3.16. The molecule has 1 aliphatic heterocycles. The van der Waals surface area contributed by atoms with Gasteiger partial charge < -0.3 is 10.2 Å². The van der Waals surface area contributed by atoms with Crippen LogP contribution in [0.25, 0.3) is 0 Å². The van der Waals surface area contributed by atoms with Gasteiger partial charge >= 0.3 is 0 Å². The maximum Gasteiger partial charge on any atom is 0.254 e. The van der Waals surface area contributed by atoms with E-state index in [-0.39, 0.29) is 21.4 Å². The van der Waals surface area contributed by atoms with E-state index in [0.29, 0.717) is 23.7 Å². The molecule has 3 aromatic carbocycles. The topological polar surface area (TPSA) is 83.6 Å². The molecule has 3 aromatic rings. The lowest BCUT2D eigenvalue weighted by atomic mass is 9.99. The second-order valence-corrected chi connectivity index (χ2v) is 9.95. The van der Waals surface area contributed by atoms with Gasteiger partial charge in [0.2, 0.25) is 15.7 Å². The highest BCUT2D eigenvalue weighted by Gasteiger charge is 2.26.